The first-order chi connectivity index (χ1) is 15.0. The van der Waals surface area contributed by atoms with Gasteiger partial charge >= 0.3 is 0 Å². The van der Waals surface area contributed by atoms with E-state index in [9.17, 15) is 13.6 Å². The van der Waals surface area contributed by atoms with Gasteiger partial charge in [-0.05, 0) is 23.3 Å². The lowest BCUT2D eigenvalue weighted by Crippen LogP contribution is -2.32. The summed E-state index contributed by atoms with van der Waals surface area (Å²) in [5.41, 5.74) is 4.00. The third-order valence-electron chi connectivity index (χ3n) is 5.42. The molecule has 4 rings (SSSR count). The molecule has 1 aliphatic rings. The van der Waals surface area contributed by atoms with Crippen LogP contribution < -0.4 is 5.32 Å². The predicted molar refractivity (Wildman–Crippen MR) is 114 cm³/mol. The third kappa shape index (κ3) is 4.72. The van der Waals surface area contributed by atoms with Crippen LogP contribution in [0.3, 0.4) is 0 Å². The summed E-state index contributed by atoms with van der Waals surface area (Å²) in [6.07, 6.45) is 2.47. The molecule has 0 fully saturated rings. The summed E-state index contributed by atoms with van der Waals surface area (Å²) < 4.78 is 28.6. The van der Waals surface area contributed by atoms with Crippen molar-refractivity contribution in [1.82, 2.24) is 20.0 Å². The van der Waals surface area contributed by atoms with Crippen LogP contribution >= 0.6 is 0 Å². The van der Waals surface area contributed by atoms with Crippen LogP contribution in [0.4, 0.5) is 8.78 Å². The van der Waals surface area contributed by atoms with Crippen molar-refractivity contribution in [1.29, 1.82) is 0 Å². The van der Waals surface area contributed by atoms with Gasteiger partial charge < -0.3 is 5.32 Å². The maximum absolute atomic E-state index is 13.6. The number of hydrogen-bond donors (Lipinski definition) is 1. The van der Waals surface area contributed by atoms with E-state index in [0.717, 1.165) is 29.4 Å². The minimum atomic E-state index is -0.854. The first kappa shape index (κ1) is 20.9. The van der Waals surface area contributed by atoms with E-state index in [4.69, 9.17) is 0 Å². The number of amides is 1. The van der Waals surface area contributed by atoms with Crippen LogP contribution in [0.5, 0.6) is 0 Å². The molecule has 0 unspecified atom stereocenters. The topological polar surface area (TPSA) is 50.2 Å². The second-order valence-electron chi connectivity index (χ2n) is 7.62. The van der Waals surface area contributed by atoms with E-state index in [-0.39, 0.29) is 5.91 Å². The molecule has 0 saturated carbocycles. The average molecular weight is 422 g/mol. The maximum atomic E-state index is 13.6. The number of benzene rings is 2. The number of hydrogen-bond acceptors (Lipinski definition) is 3. The number of fused-ring (bicyclic) bond motifs is 1. The smallest absolute Gasteiger partial charge is 0.272 e. The van der Waals surface area contributed by atoms with E-state index in [0.29, 0.717) is 43.9 Å². The van der Waals surface area contributed by atoms with Gasteiger partial charge in [-0.15, -0.1) is 6.58 Å². The Morgan fingerprint density at radius 2 is 1.94 bits per heavy atom. The number of nitrogens with zero attached hydrogens (tertiary/aromatic N) is 3. The van der Waals surface area contributed by atoms with E-state index in [1.165, 1.54) is 6.07 Å². The van der Waals surface area contributed by atoms with Crippen molar-refractivity contribution >= 4 is 5.91 Å². The van der Waals surface area contributed by atoms with Crippen molar-refractivity contribution in [2.24, 2.45) is 0 Å². The van der Waals surface area contributed by atoms with Crippen molar-refractivity contribution in [3.63, 3.8) is 0 Å². The lowest BCUT2D eigenvalue weighted by Gasteiger charge is -2.27. The van der Waals surface area contributed by atoms with Gasteiger partial charge in [-0.3, -0.25) is 14.4 Å². The minimum absolute atomic E-state index is 0.224. The highest BCUT2D eigenvalue weighted by Crippen LogP contribution is 2.25. The zero-order chi connectivity index (χ0) is 21.8. The number of halogens is 2. The lowest BCUT2D eigenvalue weighted by molar-refractivity contribution is 0.0942. The molecule has 0 atom stereocenters. The highest BCUT2D eigenvalue weighted by molar-refractivity contribution is 5.94. The molecule has 0 bridgehead atoms. The van der Waals surface area contributed by atoms with Crippen molar-refractivity contribution in [3.05, 3.63) is 101 Å². The summed E-state index contributed by atoms with van der Waals surface area (Å²) in [6, 6.07) is 13.6. The van der Waals surface area contributed by atoms with E-state index in [2.05, 4.69) is 21.9 Å². The normalized spacial score (nSPS) is 13.6. The van der Waals surface area contributed by atoms with Crippen LogP contribution in [0, 0.1) is 11.6 Å². The Labute approximate surface area is 180 Å². The fraction of sp³-hybridized carbons (Fsp3) is 0.250. The van der Waals surface area contributed by atoms with Gasteiger partial charge in [0.2, 0.25) is 0 Å². The van der Waals surface area contributed by atoms with Crippen molar-refractivity contribution in [2.75, 3.05) is 6.54 Å². The highest BCUT2D eigenvalue weighted by atomic mass is 19.2. The molecule has 1 aromatic heterocycles. The van der Waals surface area contributed by atoms with Gasteiger partial charge in [-0.2, -0.15) is 5.10 Å². The Morgan fingerprint density at radius 1 is 1.13 bits per heavy atom. The number of aromatic nitrogens is 2. The van der Waals surface area contributed by atoms with E-state index in [1.54, 1.807) is 12.1 Å². The number of carbonyl (C=O) groups is 1. The molecule has 1 aliphatic heterocycles. The molecule has 0 radical (unpaired) electrons. The molecule has 2 heterocycles. The van der Waals surface area contributed by atoms with Gasteiger partial charge in [0.15, 0.2) is 17.3 Å². The predicted octanol–water partition coefficient (Wildman–Crippen LogP) is 3.84. The number of rotatable bonds is 7. The standard InChI is InChI=1S/C24H24F2N4O/c1-2-11-30-22-10-12-29(15-18-8-9-20(25)21(26)13-18)16-19(22)23(28-30)24(31)27-14-17-6-4-3-5-7-17/h2-9,13H,1,10-12,14-16H2,(H,27,31). The largest absolute Gasteiger partial charge is 0.347 e. The fourth-order valence-corrected chi connectivity index (χ4v) is 3.90. The molecule has 2 aromatic carbocycles. The fourth-order valence-electron chi connectivity index (χ4n) is 3.90. The molecule has 0 aliphatic carbocycles. The SMILES string of the molecule is C=CCn1nc(C(=O)NCc2ccccc2)c2c1CCN(Cc1ccc(F)c(F)c1)C2. The van der Waals surface area contributed by atoms with Gasteiger partial charge in [0.25, 0.3) is 5.91 Å². The van der Waals surface area contributed by atoms with E-state index >= 15 is 0 Å². The minimum Gasteiger partial charge on any atom is -0.347 e. The second-order valence-corrected chi connectivity index (χ2v) is 7.62. The molecular formula is C24H24F2N4O. The lowest BCUT2D eigenvalue weighted by atomic mass is 10.0. The molecule has 3 aromatic rings. The van der Waals surface area contributed by atoms with Gasteiger partial charge in [0.1, 0.15) is 0 Å². The molecular weight excluding hydrogens is 398 g/mol. The zero-order valence-corrected chi connectivity index (χ0v) is 17.2. The molecule has 31 heavy (non-hydrogen) atoms. The van der Waals surface area contributed by atoms with E-state index in [1.807, 2.05) is 35.0 Å². The van der Waals surface area contributed by atoms with Gasteiger partial charge in [-0.25, -0.2) is 8.78 Å². The zero-order valence-electron chi connectivity index (χ0n) is 17.2. The van der Waals surface area contributed by atoms with Gasteiger partial charge in [0.05, 0.1) is 6.54 Å². The Morgan fingerprint density at radius 3 is 2.68 bits per heavy atom. The van der Waals surface area contributed by atoms with Crippen LogP contribution in [0.2, 0.25) is 0 Å². The third-order valence-corrected chi connectivity index (χ3v) is 5.42. The summed E-state index contributed by atoms with van der Waals surface area (Å²) in [7, 11) is 0. The second kappa shape index (κ2) is 9.22. The quantitative estimate of drug-likeness (QED) is 0.589. The highest BCUT2D eigenvalue weighted by Gasteiger charge is 2.28. The summed E-state index contributed by atoms with van der Waals surface area (Å²) in [5, 5.41) is 7.51. The summed E-state index contributed by atoms with van der Waals surface area (Å²) in [6.45, 7) is 6.44. The monoisotopic (exact) mass is 422 g/mol. The van der Waals surface area contributed by atoms with Crippen LogP contribution in [0.25, 0.3) is 0 Å². The Hall–Kier alpha value is -3.32. The molecule has 0 saturated heterocycles. The first-order valence-corrected chi connectivity index (χ1v) is 10.2. The van der Waals surface area contributed by atoms with Crippen LogP contribution in [-0.2, 0) is 32.6 Å². The van der Waals surface area contributed by atoms with Gasteiger partial charge in [-0.1, -0.05) is 42.5 Å². The Kier molecular flexibility index (Phi) is 6.23. The van der Waals surface area contributed by atoms with Crippen molar-refractivity contribution in [3.8, 4) is 0 Å². The average Bonchev–Trinajstić information content (AvgIpc) is 3.13. The van der Waals surface area contributed by atoms with Crippen LogP contribution in [0.15, 0.2) is 61.2 Å². The van der Waals surface area contributed by atoms with Crippen LogP contribution in [-0.4, -0.2) is 27.1 Å². The number of allylic oxidation sites excluding steroid dienone is 1. The Bertz CT molecular complexity index is 1090. The first-order valence-electron chi connectivity index (χ1n) is 10.2. The summed E-state index contributed by atoms with van der Waals surface area (Å²) in [4.78, 5) is 15.0. The van der Waals surface area contributed by atoms with Crippen molar-refractivity contribution in [2.45, 2.75) is 32.6 Å². The Balaban J connectivity index is 1.53. The molecule has 7 heteroatoms. The summed E-state index contributed by atoms with van der Waals surface area (Å²) in [5.74, 6) is -1.93. The molecule has 1 N–H and O–H groups in total. The van der Waals surface area contributed by atoms with Gasteiger partial charge in [0, 0.05) is 43.9 Å². The van der Waals surface area contributed by atoms with Crippen molar-refractivity contribution < 1.29 is 13.6 Å². The summed E-state index contributed by atoms with van der Waals surface area (Å²) >= 11 is 0. The molecule has 160 valence electrons. The van der Waals surface area contributed by atoms with E-state index < -0.39 is 11.6 Å². The van der Waals surface area contributed by atoms with Crippen LogP contribution in [0.1, 0.15) is 32.9 Å². The maximum Gasteiger partial charge on any atom is 0.272 e. The number of carbonyl (C=O) groups excluding carboxylic acids is 1. The molecule has 1 amide bonds. The number of nitrogens with one attached hydrogen (secondary N) is 1. The molecule has 0 spiro atoms. The molecule has 5 nitrogen and oxygen atoms in total.